The third kappa shape index (κ3) is 8.23. The van der Waals surface area contributed by atoms with E-state index in [1.54, 1.807) is 48.5 Å². The van der Waals surface area contributed by atoms with Gasteiger partial charge in [0.1, 0.15) is 16.8 Å². The predicted octanol–water partition coefficient (Wildman–Crippen LogP) is 8.86. The molecule has 3 amide bonds. The van der Waals surface area contributed by atoms with Crippen molar-refractivity contribution in [3.8, 4) is 0 Å². The monoisotopic (exact) mass is 651 g/mol. The van der Waals surface area contributed by atoms with Crippen molar-refractivity contribution in [1.82, 2.24) is 5.32 Å². The second-order valence-electron chi connectivity index (χ2n) is 10.9. The van der Waals surface area contributed by atoms with Gasteiger partial charge in [0.2, 0.25) is 5.91 Å². The van der Waals surface area contributed by atoms with Crippen molar-refractivity contribution in [2.45, 2.75) is 10.1 Å². The lowest BCUT2D eigenvalue weighted by molar-refractivity contribution is -0.116. The van der Waals surface area contributed by atoms with Gasteiger partial charge in [-0.15, -0.1) is 11.8 Å². The molecule has 236 valence electrons. The molecule has 0 spiro atoms. The van der Waals surface area contributed by atoms with E-state index in [0.717, 1.165) is 21.2 Å². The summed E-state index contributed by atoms with van der Waals surface area (Å²) in [4.78, 5) is 41.1. The number of anilines is 2. The average molecular weight is 652 g/mol. The molecule has 0 heterocycles. The van der Waals surface area contributed by atoms with Crippen molar-refractivity contribution in [3.63, 3.8) is 0 Å². The number of amides is 3. The number of thioether (sulfide) groups is 1. The van der Waals surface area contributed by atoms with Gasteiger partial charge in [-0.1, -0.05) is 97.1 Å². The van der Waals surface area contributed by atoms with E-state index in [-0.39, 0.29) is 11.6 Å². The number of carbonyl (C=O) groups is 3. The predicted molar refractivity (Wildman–Crippen MR) is 191 cm³/mol. The van der Waals surface area contributed by atoms with E-state index in [1.165, 1.54) is 42.1 Å². The number of hydrogen-bond donors (Lipinski definition) is 3. The molecule has 0 radical (unpaired) electrons. The van der Waals surface area contributed by atoms with Gasteiger partial charge in [0, 0.05) is 21.8 Å². The molecule has 0 aliphatic heterocycles. The number of halogens is 1. The molecule has 0 aliphatic rings. The van der Waals surface area contributed by atoms with Crippen molar-refractivity contribution >= 4 is 57.7 Å². The normalized spacial score (nSPS) is 11.8. The van der Waals surface area contributed by atoms with E-state index in [1.807, 2.05) is 78.9 Å². The van der Waals surface area contributed by atoms with Gasteiger partial charge < -0.3 is 16.0 Å². The van der Waals surface area contributed by atoms with Crippen LogP contribution < -0.4 is 16.0 Å². The summed E-state index contributed by atoms with van der Waals surface area (Å²) in [6.45, 7) is 0. The lowest BCUT2D eigenvalue weighted by atomic mass is 10.1. The first kappa shape index (κ1) is 32.0. The van der Waals surface area contributed by atoms with E-state index in [9.17, 15) is 18.8 Å². The van der Waals surface area contributed by atoms with Gasteiger partial charge in [0.15, 0.2) is 0 Å². The standard InChI is InChI=1S/C40H30FN3O3S/c41-32-21-18-27(19-22-32)24-36(44-38(45)30-13-5-2-6-14-30)39(46)42-33-16-9-17-35(26-33)48-37(29-11-3-1-4-12-29)40(47)43-34-23-20-28-10-7-8-15-31(28)25-34/h1-26,37H,(H,42,46)(H,43,47)(H,44,45)/b36-24-. The fourth-order valence-corrected chi connectivity index (χ4v) is 6.11. The summed E-state index contributed by atoms with van der Waals surface area (Å²) >= 11 is 1.35. The van der Waals surface area contributed by atoms with Crippen LogP contribution in [0.2, 0.25) is 0 Å². The second kappa shape index (κ2) is 15.1. The second-order valence-corrected chi connectivity index (χ2v) is 12.0. The first-order valence-electron chi connectivity index (χ1n) is 15.2. The fraction of sp³-hybridized carbons (Fsp3) is 0.0250. The summed E-state index contributed by atoms with van der Waals surface area (Å²) in [6, 6.07) is 44.5. The molecule has 6 nitrogen and oxygen atoms in total. The maximum absolute atomic E-state index is 13.7. The van der Waals surface area contributed by atoms with Gasteiger partial charge in [0.05, 0.1) is 0 Å². The van der Waals surface area contributed by atoms with E-state index in [4.69, 9.17) is 0 Å². The number of benzene rings is 6. The third-order valence-corrected chi connectivity index (χ3v) is 8.66. The minimum Gasteiger partial charge on any atom is -0.325 e. The van der Waals surface area contributed by atoms with Crippen LogP contribution in [0.5, 0.6) is 0 Å². The number of carbonyl (C=O) groups excluding carboxylic acids is 3. The maximum atomic E-state index is 13.7. The van der Waals surface area contributed by atoms with Gasteiger partial charge in [-0.25, -0.2) is 4.39 Å². The topological polar surface area (TPSA) is 87.3 Å². The molecule has 0 bridgehead atoms. The molecule has 3 N–H and O–H groups in total. The Hall–Kier alpha value is -5.99. The first-order chi connectivity index (χ1) is 23.4. The highest BCUT2D eigenvalue weighted by Gasteiger charge is 2.23. The molecule has 6 aromatic carbocycles. The summed E-state index contributed by atoms with van der Waals surface area (Å²) in [7, 11) is 0. The van der Waals surface area contributed by atoms with Crippen LogP contribution in [-0.2, 0) is 9.59 Å². The van der Waals surface area contributed by atoms with Gasteiger partial charge >= 0.3 is 0 Å². The fourth-order valence-electron chi connectivity index (χ4n) is 5.03. The molecule has 48 heavy (non-hydrogen) atoms. The zero-order chi connectivity index (χ0) is 33.3. The van der Waals surface area contributed by atoms with Gasteiger partial charge in [-0.3, -0.25) is 14.4 Å². The minimum absolute atomic E-state index is 0.0227. The molecule has 0 saturated heterocycles. The van der Waals surface area contributed by atoms with Gasteiger partial charge in [0.25, 0.3) is 11.8 Å². The van der Waals surface area contributed by atoms with Crippen LogP contribution in [0.15, 0.2) is 162 Å². The van der Waals surface area contributed by atoms with Crippen LogP contribution in [0, 0.1) is 5.82 Å². The van der Waals surface area contributed by atoms with Gasteiger partial charge in [-0.2, -0.15) is 0 Å². The number of hydrogen-bond acceptors (Lipinski definition) is 4. The number of fused-ring (bicyclic) bond motifs is 1. The molecule has 1 atom stereocenters. The Bertz CT molecular complexity index is 2100. The summed E-state index contributed by atoms with van der Waals surface area (Å²) in [5.41, 5.74) is 2.86. The van der Waals surface area contributed by atoms with Crippen LogP contribution in [0.3, 0.4) is 0 Å². The molecule has 8 heteroatoms. The number of rotatable bonds is 10. The molecule has 1 unspecified atom stereocenters. The zero-order valence-electron chi connectivity index (χ0n) is 25.6. The average Bonchev–Trinajstić information content (AvgIpc) is 3.12. The molecular formula is C40H30FN3O3S. The summed E-state index contributed by atoms with van der Waals surface area (Å²) < 4.78 is 13.6. The summed E-state index contributed by atoms with van der Waals surface area (Å²) in [5, 5.41) is 10.1. The molecule has 0 aliphatic carbocycles. The van der Waals surface area contributed by atoms with Gasteiger partial charge in [-0.05, 0) is 82.6 Å². The molecule has 6 rings (SSSR count). The van der Waals surface area contributed by atoms with Crippen molar-refractivity contribution in [2.75, 3.05) is 10.6 Å². The summed E-state index contributed by atoms with van der Waals surface area (Å²) in [5.74, 6) is -1.64. The Balaban J connectivity index is 1.22. The van der Waals surface area contributed by atoms with E-state index in [0.29, 0.717) is 22.5 Å². The van der Waals surface area contributed by atoms with E-state index >= 15 is 0 Å². The quantitative estimate of drug-likeness (QED) is 0.102. The van der Waals surface area contributed by atoms with Crippen molar-refractivity contribution in [1.29, 1.82) is 0 Å². The van der Waals surface area contributed by atoms with Crippen LogP contribution >= 0.6 is 11.8 Å². The lowest BCUT2D eigenvalue weighted by Gasteiger charge is -2.18. The first-order valence-corrected chi connectivity index (χ1v) is 16.1. The van der Waals surface area contributed by atoms with Crippen LogP contribution in [0.25, 0.3) is 16.8 Å². The van der Waals surface area contributed by atoms with Crippen molar-refractivity contribution in [3.05, 3.63) is 180 Å². The Kier molecular flexibility index (Phi) is 10.0. The Morgan fingerprint density at radius 2 is 1.29 bits per heavy atom. The van der Waals surface area contributed by atoms with Crippen LogP contribution in [-0.4, -0.2) is 17.7 Å². The summed E-state index contributed by atoms with van der Waals surface area (Å²) in [6.07, 6.45) is 1.48. The molecule has 0 saturated carbocycles. The Morgan fingerprint density at radius 3 is 2.04 bits per heavy atom. The maximum Gasteiger partial charge on any atom is 0.272 e. The third-order valence-electron chi connectivity index (χ3n) is 7.41. The van der Waals surface area contributed by atoms with Crippen LogP contribution in [0.1, 0.15) is 26.7 Å². The zero-order valence-corrected chi connectivity index (χ0v) is 26.4. The SMILES string of the molecule is O=C(Nc1cccc(SC(C(=O)Nc2ccc3ccccc3c2)c2ccccc2)c1)/C(=C/c1ccc(F)cc1)NC(=O)c1ccccc1. The van der Waals surface area contributed by atoms with E-state index < -0.39 is 22.9 Å². The Morgan fingerprint density at radius 1 is 0.625 bits per heavy atom. The minimum atomic E-state index is -0.595. The molecule has 6 aromatic rings. The van der Waals surface area contributed by atoms with Crippen LogP contribution in [0.4, 0.5) is 15.8 Å². The lowest BCUT2D eigenvalue weighted by Crippen LogP contribution is -2.30. The van der Waals surface area contributed by atoms with Crippen molar-refractivity contribution < 1.29 is 18.8 Å². The highest BCUT2D eigenvalue weighted by molar-refractivity contribution is 8.00. The smallest absolute Gasteiger partial charge is 0.272 e. The Labute approximate surface area is 281 Å². The molecule has 0 fully saturated rings. The molecule has 0 aromatic heterocycles. The largest absolute Gasteiger partial charge is 0.325 e. The van der Waals surface area contributed by atoms with Crippen molar-refractivity contribution in [2.24, 2.45) is 0 Å². The highest BCUT2D eigenvalue weighted by Crippen LogP contribution is 2.37. The highest BCUT2D eigenvalue weighted by atomic mass is 32.2. The number of nitrogens with one attached hydrogen (secondary N) is 3. The van der Waals surface area contributed by atoms with E-state index in [2.05, 4.69) is 16.0 Å². The molecular weight excluding hydrogens is 622 g/mol.